The van der Waals surface area contributed by atoms with Crippen LogP contribution in [-0.2, 0) is 11.3 Å². The van der Waals surface area contributed by atoms with Crippen molar-refractivity contribution in [2.45, 2.75) is 25.8 Å². The van der Waals surface area contributed by atoms with Gasteiger partial charge in [-0.1, -0.05) is 18.2 Å². The summed E-state index contributed by atoms with van der Waals surface area (Å²) < 4.78 is 11.4. The highest BCUT2D eigenvalue weighted by atomic mass is 16.5. The zero-order chi connectivity index (χ0) is 19.5. The molecule has 0 amide bonds. The van der Waals surface area contributed by atoms with E-state index in [4.69, 9.17) is 9.47 Å². The van der Waals surface area contributed by atoms with Crippen molar-refractivity contribution in [1.82, 2.24) is 15.1 Å². The Bertz CT molecular complexity index is 571. The Labute approximate surface area is 164 Å². The number of ether oxygens (including phenoxy) is 2. The van der Waals surface area contributed by atoms with E-state index < -0.39 is 0 Å². The number of nitrogens with zero attached hydrogens (tertiary/aromatic N) is 3. The molecule has 6 heteroatoms. The van der Waals surface area contributed by atoms with Gasteiger partial charge >= 0.3 is 0 Å². The molecular weight excluding hydrogens is 340 g/mol. The summed E-state index contributed by atoms with van der Waals surface area (Å²) in [6.45, 7) is 5.11. The molecule has 1 aromatic rings. The molecule has 0 aliphatic carbocycles. The zero-order valence-corrected chi connectivity index (χ0v) is 17.4. The fourth-order valence-electron chi connectivity index (χ4n) is 3.21. The highest BCUT2D eigenvalue weighted by Crippen LogP contribution is 2.19. The highest BCUT2D eigenvalue weighted by Gasteiger charge is 2.15. The third-order valence-electron chi connectivity index (χ3n) is 4.99. The molecule has 1 aliphatic rings. The molecule has 152 valence electrons. The summed E-state index contributed by atoms with van der Waals surface area (Å²) in [5, 5.41) is 3.47. The Kier molecular flexibility index (Phi) is 9.42. The molecule has 0 aromatic heterocycles. The number of benzene rings is 1. The lowest BCUT2D eigenvalue weighted by Gasteiger charge is -2.27. The van der Waals surface area contributed by atoms with Crippen molar-refractivity contribution in [3.8, 4) is 5.75 Å². The standard InChI is InChI=1S/C21H36N4O2/c1-22-21(25(4)12-9-18-10-14-26-15-11-18)23-17-19-7-5-6-8-20(19)27-16-13-24(2)3/h5-8,18H,9-17H2,1-4H3,(H,22,23). The van der Waals surface area contributed by atoms with Gasteiger partial charge in [-0.25, -0.2) is 0 Å². The van der Waals surface area contributed by atoms with Crippen LogP contribution in [0.3, 0.4) is 0 Å². The van der Waals surface area contributed by atoms with E-state index in [-0.39, 0.29) is 0 Å². The molecule has 1 heterocycles. The van der Waals surface area contributed by atoms with Gasteiger partial charge in [0.2, 0.25) is 0 Å². The predicted octanol–water partition coefficient (Wildman–Crippen LogP) is 2.45. The molecule has 0 bridgehead atoms. The molecule has 1 aromatic carbocycles. The third kappa shape index (κ3) is 7.77. The van der Waals surface area contributed by atoms with E-state index in [0.717, 1.165) is 49.5 Å². The Balaban J connectivity index is 1.82. The van der Waals surface area contributed by atoms with Crippen molar-refractivity contribution in [2.24, 2.45) is 10.9 Å². The first-order valence-electron chi connectivity index (χ1n) is 9.95. The summed E-state index contributed by atoms with van der Waals surface area (Å²) in [5.74, 6) is 2.63. The van der Waals surface area contributed by atoms with Gasteiger partial charge in [0.05, 0.1) is 0 Å². The molecule has 0 spiro atoms. The average molecular weight is 377 g/mol. The molecule has 0 unspecified atom stereocenters. The zero-order valence-electron chi connectivity index (χ0n) is 17.4. The molecule has 2 rings (SSSR count). The van der Waals surface area contributed by atoms with Crippen LogP contribution < -0.4 is 10.1 Å². The number of rotatable bonds is 9. The minimum absolute atomic E-state index is 0.684. The van der Waals surface area contributed by atoms with Crippen LogP contribution in [0.15, 0.2) is 29.3 Å². The lowest BCUT2D eigenvalue weighted by molar-refractivity contribution is 0.0625. The first-order chi connectivity index (χ1) is 13.1. The summed E-state index contributed by atoms with van der Waals surface area (Å²) in [6.07, 6.45) is 3.54. The minimum Gasteiger partial charge on any atom is -0.492 e. The van der Waals surface area contributed by atoms with Crippen LogP contribution in [0, 0.1) is 5.92 Å². The Hall–Kier alpha value is -1.79. The van der Waals surface area contributed by atoms with Gasteiger partial charge < -0.3 is 24.6 Å². The van der Waals surface area contributed by atoms with Crippen LogP contribution in [0.2, 0.25) is 0 Å². The monoisotopic (exact) mass is 376 g/mol. The van der Waals surface area contributed by atoms with Gasteiger partial charge in [-0.05, 0) is 45.3 Å². The van der Waals surface area contributed by atoms with Crippen molar-refractivity contribution in [2.75, 3.05) is 61.1 Å². The van der Waals surface area contributed by atoms with E-state index in [0.29, 0.717) is 13.2 Å². The molecular formula is C21H36N4O2. The van der Waals surface area contributed by atoms with E-state index >= 15 is 0 Å². The molecule has 0 saturated carbocycles. The molecule has 0 atom stereocenters. The number of nitrogens with one attached hydrogen (secondary N) is 1. The number of likely N-dealkylation sites (N-methyl/N-ethyl adjacent to an activating group) is 1. The molecule has 1 aliphatic heterocycles. The Morgan fingerprint density at radius 1 is 1.19 bits per heavy atom. The van der Waals surface area contributed by atoms with E-state index in [1.165, 1.54) is 19.3 Å². The number of para-hydroxylation sites is 1. The van der Waals surface area contributed by atoms with Crippen molar-refractivity contribution in [3.63, 3.8) is 0 Å². The van der Waals surface area contributed by atoms with Crippen molar-refractivity contribution >= 4 is 5.96 Å². The fraction of sp³-hybridized carbons (Fsp3) is 0.667. The molecule has 0 radical (unpaired) electrons. The van der Waals surface area contributed by atoms with Crippen LogP contribution in [-0.4, -0.2) is 76.9 Å². The second-order valence-electron chi connectivity index (χ2n) is 7.43. The van der Waals surface area contributed by atoms with Crippen LogP contribution in [0.25, 0.3) is 0 Å². The normalized spacial score (nSPS) is 15.8. The van der Waals surface area contributed by atoms with Gasteiger partial charge in [0, 0.05) is 52.5 Å². The van der Waals surface area contributed by atoms with E-state index in [9.17, 15) is 0 Å². The summed E-state index contributed by atoms with van der Waals surface area (Å²) in [4.78, 5) is 8.78. The van der Waals surface area contributed by atoms with E-state index in [1.807, 2.05) is 25.2 Å². The maximum absolute atomic E-state index is 5.95. The first kappa shape index (κ1) is 21.5. The lowest BCUT2D eigenvalue weighted by Crippen LogP contribution is -2.39. The largest absolute Gasteiger partial charge is 0.492 e. The smallest absolute Gasteiger partial charge is 0.193 e. The number of guanidine groups is 1. The number of hydrogen-bond donors (Lipinski definition) is 1. The first-order valence-corrected chi connectivity index (χ1v) is 9.95. The maximum atomic E-state index is 5.95. The number of hydrogen-bond acceptors (Lipinski definition) is 4. The van der Waals surface area contributed by atoms with Crippen molar-refractivity contribution in [1.29, 1.82) is 0 Å². The van der Waals surface area contributed by atoms with Crippen LogP contribution >= 0.6 is 0 Å². The van der Waals surface area contributed by atoms with Crippen molar-refractivity contribution < 1.29 is 9.47 Å². The molecule has 6 nitrogen and oxygen atoms in total. The third-order valence-corrected chi connectivity index (χ3v) is 4.99. The predicted molar refractivity (Wildman–Crippen MR) is 111 cm³/mol. The minimum atomic E-state index is 0.684. The Morgan fingerprint density at radius 2 is 1.93 bits per heavy atom. The lowest BCUT2D eigenvalue weighted by atomic mass is 9.96. The topological polar surface area (TPSA) is 49.3 Å². The molecule has 1 fully saturated rings. The van der Waals surface area contributed by atoms with Gasteiger partial charge in [-0.2, -0.15) is 0 Å². The van der Waals surface area contributed by atoms with E-state index in [2.05, 4.69) is 47.3 Å². The maximum Gasteiger partial charge on any atom is 0.193 e. The summed E-state index contributed by atoms with van der Waals surface area (Å²) in [6, 6.07) is 8.20. The molecule has 27 heavy (non-hydrogen) atoms. The van der Waals surface area contributed by atoms with Gasteiger partial charge in [0.25, 0.3) is 0 Å². The number of aliphatic imine (C=N–C) groups is 1. The van der Waals surface area contributed by atoms with Gasteiger partial charge in [-0.3, -0.25) is 4.99 Å². The fourth-order valence-corrected chi connectivity index (χ4v) is 3.21. The highest BCUT2D eigenvalue weighted by molar-refractivity contribution is 5.79. The quantitative estimate of drug-likeness (QED) is 0.530. The second-order valence-corrected chi connectivity index (χ2v) is 7.43. The summed E-state index contributed by atoms with van der Waals surface area (Å²) in [5.41, 5.74) is 1.15. The van der Waals surface area contributed by atoms with Crippen LogP contribution in [0.4, 0.5) is 0 Å². The van der Waals surface area contributed by atoms with Crippen LogP contribution in [0.5, 0.6) is 5.75 Å². The SMILES string of the molecule is CN=C(NCc1ccccc1OCCN(C)C)N(C)CCC1CCOCC1. The molecule has 1 N–H and O–H groups in total. The summed E-state index contributed by atoms with van der Waals surface area (Å²) in [7, 11) is 8.05. The van der Waals surface area contributed by atoms with Gasteiger partial charge in [-0.15, -0.1) is 0 Å². The van der Waals surface area contributed by atoms with E-state index in [1.54, 1.807) is 0 Å². The molecule has 1 saturated heterocycles. The second kappa shape index (κ2) is 11.8. The summed E-state index contributed by atoms with van der Waals surface area (Å²) >= 11 is 0. The van der Waals surface area contributed by atoms with Gasteiger partial charge in [0.15, 0.2) is 5.96 Å². The van der Waals surface area contributed by atoms with Crippen LogP contribution in [0.1, 0.15) is 24.8 Å². The van der Waals surface area contributed by atoms with Crippen molar-refractivity contribution in [3.05, 3.63) is 29.8 Å². The van der Waals surface area contributed by atoms with Gasteiger partial charge in [0.1, 0.15) is 12.4 Å². The Morgan fingerprint density at radius 3 is 2.63 bits per heavy atom. The average Bonchev–Trinajstić information content (AvgIpc) is 2.68.